The number of halogens is 2. The Bertz CT molecular complexity index is 208. The molecule has 2 atom stereocenters. The fourth-order valence-corrected chi connectivity index (χ4v) is 1.10. The molecule has 0 saturated heterocycles. The second-order valence-corrected chi connectivity index (χ2v) is 2.57. The normalized spacial score (nSPS) is 31.3. The molecule has 0 heterocycles. The van der Waals surface area contributed by atoms with Crippen molar-refractivity contribution in [2.45, 2.75) is 13.0 Å². The topological polar surface area (TPSA) is 9.23 Å². The number of allylic oxidation sites excluding steroid dienone is 2. The minimum absolute atomic E-state index is 0.0977. The summed E-state index contributed by atoms with van der Waals surface area (Å²) in [5, 5.41) is 0. The van der Waals surface area contributed by atoms with Gasteiger partial charge in [-0.25, -0.2) is 8.78 Å². The zero-order valence-corrected chi connectivity index (χ0v) is 6.47. The molecule has 0 fully saturated rings. The van der Waals surface area contributed by atoms with Gasteiger partial charge in [0.25, 0.3) is 0 Å². The monoisotopic (exact) mass is 160 g/mol. The van der Waals surface area contributed by atoms with Crippen LogP contribution in [0.1, 0.15) is 6.92 Å². The lowest BCUT2D eigenvalue weighted by Crippen LogP contribution is -2.22. The highest BCUT2D eigenvalue weighted by atomic mass is 19.2. The number of hydrogen-bond donors (Lipinski definition) is 0. The van der Waals surface area contributed by atoms with E-state index in [4.69, 9.17) is 4.74 Å². The molecule has 0 aromatic rings. The summed E-state index contributed by atoms with van der Waals surface area (Å²) >= 11 is 0. The van der Waals surface area contributed by atoms with Gasteiger partial charge in [0.05, 0.1) is 0 Å². The van der Waals surface area contributed by atoms with Gasteiger partial charge in [-0.1, -0.05) is 13.0 Å². The molecule has 0 radical (unpaired) electrons. The number of methoxy groups -OCH3 is 1. The van der Waals surface area contributed by atoms with Gasteiger partial charge in [-0.2, -0.15) is 0 Å². The number of hydrogen-bond acceptors (Lipinski definition) is 1. The number of rotatable bonds is 1. The summed E-state index contributed by atoms with van der Waals surface area (Å²) in [5.74, 6) is -1.73. The first-order valence-electron chi connectivity index (χ1n) is 3.43. The Balaban J connectivity index is 2.87. The van der Waals surface area contributed by atoms with E-state index < -0.39 is 17.8 Å². The van der Waals surface area contributed by atoms with E-state index in [0.717, 1.165) is 6.08 Å². The fraction of sp³-hybridized carbons (Fsp3) is 0.500. The van der Waals surface area contributed by atoms with Gasteiger partial charge in [-0.3, -0.25) is 0 Å². The molecule has 1 nitrogen and oxygen atoms in total. The molecular formula is C8H10F2O. The third kappa shape index (κ3) is 1.48. The highest BCUT2D eigenvalue weighted by molar-refractivity contribution is 5.25. The van der Waals surface area contributed by atoms with E-state index in [1.807, 2.05) is 0 Å². The largest absolute Gasteiger partial charge is 0.374 e. The van der Waals surface area contributed by atoms with E-state index in [1.54, 1.807) is 13.0 Å². The molecule has 0 amide bonds. The Kier molecular flexibility index (Phi) is 2.39. The summed E-state index contributed by atoms with van der Waals surface area (Å²) in [6.07, 6.45) is 1.97. The second-order valence-electron chi connectivity index (χ2n) is 2.57. The summed E-state index contributed by atoms with van der Waals surface area (Å²) < 4.78 is 30.1. The molecular weight excluding hydrogens is 150 g/mol. The van der Waals surface area contributed by atoms with Gasteiger partial charge < -0.3 is 4.74 Å². The van der Waals surface area contributed by atoms with Crippen LogP contribution in [-0.2, 0) is 4.74 Å². The lowest BCUT2D eigenvalue weighted by molar-refractivity contribution is 0.0795. The van der Waals surface area contributed by atoms with Gasteiger partial charge in [-0.15, -0.1) is 0 Å². The fourth-order valence-electron chi connectivity index (χ4n) is 1.10. The van der Waals surface area contributed by atoms with Gasteiger partial charge in [-0.05, 0) is 6.08 Å². The van der Waals surface area contributed by atoms with Crippen molar-refractivity contribution in [2.24, 2.45) is 5.92 Å². The smallest absolute Gasteiger partial charge is 0.165 e. The van der Waals surface area contributed by atoms with Gasteiger partial charge in [0, 0.05) is 13.0 Å². The first-order valence-corrected chi connectivity index (χ1v) is 3.43. The van der Waals surface area contributed by atoms with Crippen molar-refractivity contribution in [1.82, 2.24) is 0 Å². The summed E-state index contributed by atoms with van der Waals surface area (Å²) in [7, 11) is 1.37. The van der Waals surface area contributed by atoms with E-state index in [9.17, 15) is 8.78 Å². The van der Waals surface area contributed by atoms with E-state index in [1.165, 1.54) is 7.11 Å². The van der Waals surface area contributed by atoms with Crippen molar-refractivity contribution in [3.05, 3.63) is 23.8 Å². The average Bonchev–Trinajstić information content (AvgIpc) is 1.99. The highest BCUT2D eigenvalue weighted by Crippen LogP contribution is 2.27. The molecule has 1 aliphatic carbocycles. The predicted octanol–water partition coefficient (Wildman–Crippen LogP) is 2.36. The Morgan fingerprint density at radius 3 is 2.55 bits per heavy atom. The molecule has 0 saturated carbocycles. The van der Waals surface area contributed by atoms with Crippen molar-refractivity contribution < 1.29 is 13.5 Å². The van der Waals surface area contributed by atoms with Crippen molar-refractivity contribution in [3.8, 4) is 0 Å². The summed E-state index contributed by atoms with van der Waals surface area (Å²) in [6, 6.07) is 0. The molecule has 11 heavy (non-hydrogen) atoms. The highest BCUT2D eigenvalue weighted by Gasteiger charge is 2.25. The SMILES string of the molecule is COC1C(F)=C(F)C=CC1C. The molecule has 62 valence electrons. The van der Waals surface area contributed by atoms with Crippen LogP contribution in [0.2, 0.25) is 0 Å². The minimum atomic E-state index is -0.824. The van der Waals surface area contributed by atoms with Crippen molar-refractivity contribution in [2.75, 3.05) is 7.11 Å². The molecule has 1 aliphatic rings. The van der Waals surface area contributed by atoms with Crippen LogP contribution in [-0.4, -0.2) is 13.2 Å². The molecule has 0 spiro atoms. The lowest BCUT2D eigenvalue weighted by Gasteiger charge is -2.21. The second kappa shape index (κ2) is 3.13. The maximum Gasteiger partial charge on any atom is 0.165 e. The molecule has 0 aliphatic heterocycles. The molecule has 0 aromatic heterocycles. The Morgan fingerprint density at radius 2 is 2.09 bits per heavy atom. The summed E-state index contributed by atoms with van der Waals surface area (Å²) in [4.78, 5) is 0. The molecule has 1 rings (SSSR count). The van der Waals surface area contributed by atoms with Crippen LogP contribution in [0.5, 0.6) is 0 Å². The maximum absolute atomic E-state index is 12.8. The first-order chi connectivity index (χ1) is 5.16. The van der Waals surface area contributed by atoms with Crippen molar-refractivity contribution in [3.63, 3.8) is 0 Å². The van der Waals surface area contributed by atoms with Crippen molar-refractivity contribution in [1.29, 1.82) is 0 Å². The average molecular weight is 160 g/mol. The van der Waals surface area contributed by atoms with E-state index in [-0.39, 0.29) is 5.92 Å². The Hall–Kier alpha value is -0.700. The van der Waals surface area contributed by atoms with Crippen LogP contribution in [0.25, 0.3) is 0 Å². The Morgan fingerprint density at radius 1 is 1.45 bits per heavy atom. The minimum Gasteiger partial charge on any atom is -0.374 e. The van der Waals surface area contributed by atoms with Gasteiger partial charge >= 0.3 is 0 Å². The van der Waals surface area contributed by atoms with Crippen LogP contribution >= 0.6 is 0 Å². The van der Waals surface area contributed by atoms with Gasteiger partial charge in [0.2, 0.25) is 0 Å². The lowest BCUT2D eigenvalue weighted by atomic mass is 9.98. The molecule has 3 heteroatoms. The van der Waals surface area contributed by atoms with Gasteiger partial charge in [0.1, 0.15) is 6.10 Å². The number of ether oxygens (including phenoxy) is 1. The van der Waals surface area contributed by atoms with Crippen LogP contribution in [0.3, 0.4) is 0 Å². The molecule has 0 aromatic carbocycles. The van der Waals surface area contributed by atoms with E-state index in [2.05, 4.69) is 0 Å². The van der Waals surface area contributed by atoms with E-state index in [0.29, 0.717) is 0 Å². The Labute approximate surface area is 64.4 Å². The standard InChI is InChI=1S/C8H10F2O/c1-5-3-4-6(9)7(10)8(5)11-2/h3-5,8H,1-2H3. The van der Waals surface area contributed by atoms with E-state index >= 15 is 0 Å². The zero-order valence-electron chi connectivity index (χ0n) is 6.47. The summed E-state index contributed by atoms with van der Waals surface area (Å²) in [5.41, 5.74) is 0. The van der Waals surface area contributed by atoms with Gasteiger partial charge in [0.15, 0.2) is 11.7 Å². The summed E-state index contributed by atoms with van der Waals surface area (Å²) in [6.45, 7) is 1.77. The van der Waals surface area contributed by atoms with Crippen molar-refractivity contribution >= 4 is 0 Å². The molecule has 0 N–H and O–H groups in total. The van der Waals surface area contributed by atoms with Crippen LogP contribution < -0.4 is 0 Å². The quantitative estimate of drug-likeness (QED) is 0.572. The first kappa shape index (κ1) is 8.40. The maximum atomic E-state index is 12.8. The van der Waals surface area contributed by atoms with Crippen LogP contribution in [0.15, 0.2) is 23.8 Å². The third-order valence-electron chi connectivity index (χ3n) is 1.76. The zero-order chi connectivity index (χ0) is 8.43. The van der Waals surface area contributed by atoms with Crippen LogP contribution in [0.4, 0.5) is 8.78 Å². The molecule has 2 unspecified atom stereocenters. The van der Waals surface area contributed by atoms with Crippen LogP contribution in [0, 0.1) is 5.92 Å². The predicted molar refractivity (Wildman–Crippen MR) is 38.3 cm³/mol. The third-order valence-corrected chi connectivity index (χ3v) is 1.76. The molecule has 0 bridgehead atoms.